The summed E-state index contributed by atoms with van der Waals surface area (Å²) in [7, 11) is 1.99. The van der Waals surface area contributed by atoms with Crippen LogP contribution in [-0.4, -0.2) is 34.5 Å². The van der Waals surface area contributed by atoms with Crippen molar-refractivity contribution in [2.45, 2.75) is 6.42 Å². The predicted octanol–water partition coefficient (Wildman–Crippen LogP) is 3.96. The number of amides is 1. The average molecular weight is 383 g/mol. The summed E-state index contributed by atoms with van der Waals surface area (Å²) in [6, 6.07) is 17.2. The Morgan fingerprint density at radius 3 is 2.59 bits per heavy atom. The molecule has 144 valence electrons. The van der Waals surface area contributed by atoms with E-state index in [-0.39, 0.29) is 5.91 Å². The highest BCUT2D eigenvalue weighted by molar-refractivity contribution is 6.08. The van der Waals surface area contributed by atoms with Gasteiger partial charge in [0.15, 0.2) is 0 Å². The van der Waals surface area contributed by atoms with Gasteiger partial charge in [-0.05, 0) is 48.4 Å². The van der Waals surface area contributed by atoms with Gasteiger partial charge in [-0.25, -0.2) is 4.98 Å². The predicted molar refractivity (Wildman–Crippen MR) is 115 cm³/mol. The van der Waals surface area contributed by atoms with Crippen molar-refractivity contribution < 1.29 is 4.79 Å². The smallest absolute Gasteiger partial charge is 0.257 e. The van der Waals surface area contributed by atoms with Crippen molar-refractivity contribution in [3.05, 3.63) is 90.5 Å². The molecule has 29 heavy (non-hydrogen) atoms. The van der Waals surface area contributed by atoms with E-state index in [2.05, 4.69) is 25.2 Å². The van der Waals surface area contributed by atoms with Crippen molar-refractivity contribution in [2.24, 2.45) is 0 Å². The first-order valence-electron chi connectivity index (χ1n) is 9.42. The standard InChI is InChI=1S/C23H21N5O/c1-28(15-11-17-9-13-24-14-10-17)21-8-7-19(16-26-21)23(29)27-20-6-2-4-18-5-3-12-25-22(18)20/h2-10,12-14,16H,11,15H2,1H3,(H,27,29). The van der Waals surface area contributed by atoms with Crippen molar-refractivity contribution in [3.63, 3.8) is 0 Å². The van der Waals surface area contributed by atoms with E-state index in [0.29, 0.717) is 11.3 Å². The van der Waals surface area contributed by atoms with Gasteiger partial charge in [0.25, 0.3) is 5.91 Å². The third-order valence-corrected chi connectivity index (χ3v) is 4.77. The summed E-state index contributed by atoms with van der Waals surface area (Å²) in [4.78, 5) is 27.6. The molecular formula is C23H21N5O. The van der Waals surface area contributed by atoms with Gasteiger partial charge >= 0.3 is 0 Å². The number of anilines is 2. The van der Waals surface area contributed by atoms with Crippen molar-refractivity contribution in [2.75, 3.05) is 23.8 Å². The Bertz CT molecular complexity index is 1110. The summed E-state index contributed by atoms with van der Waals surface area (Å²) in [5.74, 6) is 0.615. The molecule has 0 aliphatic heterocycles. The second-order valence-corrected chi connectivity index (χ2v) is 6.77. The van der Waals surface area contributed by atoms with Crippen LogP contribution in [0.4, 0.5) is 11.5 Å². The minimum absolute atomic E-state index is 0.207. The summed E-state index contributed by atoms with van der Waals surface area (Å²) < 4.78 is 0. The van der Waals surface area contributed by atoms with Crippen LogP contribution >= 0.6 is 0 Å². The van der Waals surface area contributed by atoms with Crippen molar-refractivity contribution in [1.82, 2.24) is 15.0 Å². The zero-order valence-electron chi connectivity index (χ0n) is 16.1. The molecule has 4 aromatic rings. The molecule has 6 heteroatoms. The summed E-state index contributed by atoms with van der Waals surface area (Å²) in [5.41, 5.74) is 3.19. The number of hydrogen-bond donors (Lipinski definition) is 1. The fourth-order valence-electron chi connectivity index (χ4n) is 3.11. The molecule has 1 amide bonds. The Hall–Kier alpha value is -3.80. The fourth-order valence-corrected chi connectivity index (χ4v) is 3.11. The fraction of sp³-hybridized carbons (Fsp3) is 0.130. The number of carbonyl (C=O) groups is 1. The molecule has 0 fully saturated rings. The van der Waals surface area contributed by atoms with E-state index in [9.17, 15) is 4.79 Å². The van der Waals surface area contributed by atoms with Gasteiger partial charge in [0.2, 0.25) is 0 Å². The number of nitrogens with zero attached hydrogens (tertiary/aromatic N) is 4. The minimum Gasteiger partial charge on any atom is -0.359 e. The van der Waals surface area contributed by atoms with E-state index < -0.39 is 0 Å². The van der Waals surface area contributed by atoms with Crippen LogP contribution in [0.25, 0.3) is 10.9 Å². The van der Waals surface area contributed by atoms with Gasteiger partial charge in [0.05, 0.1) is 16.8 Å². The van der Waals surface area contributed by atoms with Crippen LogP contribution in [0.1, 0.15) is 15.9 Å². The molecule has 0 atom stereocenters. The third kappa shape index (κ3) is 4.38. The van der Waals surface area contributed by atoms with Gasteiger partial charge in [0, 0.05) is 43.8 Å². The van der Waals surface area contributed by atoms with Crippen LogP contribution in [0.3, 0.4) is 0 Å². The Kier molecular flexibility index (Phi) is 5.42. The molecule has 0 spiro atoms. The van der Waals surface area contributed by atoms with E-state index in [1.807, 2.05) is 55.6 Å². The van der Waals surface area contributed by atoms with E-state index >= 15 is 0 Å². The Morgan fingerprint density at radius 1 is 0.966 bits per heavy atom. The quantitative estimate of drug-likeness (QED) is 0.546. The van der Waals surface area contributed by atoms with Gasteiger partial charge in [0.1, 0.15) is 5.82 Å². The van der Waals surface area contributed by atoms with Gasteiger partial charge in [-0.1, -0.05) is 18.2 Å². The number of fused-ring (bicyclic) bond motifs is 1. The van der Waals surface area contributed by atoms with Gasteiger partial charge in [-0.2, -0.15) is 0 Å². The maximum absolute atomic E-state index is 12.7. The number of aromatic nitrogens is 3. The summed E-state index contributed by atoms with van der Waals surface area (Å²) in [6.07, 6.45) is 7.82. The molecule has 0 saturated heterocycles. The summed E-state index contributed by atoms with van der Waals surface area (Å²) in [5, 5.41) is 3.92. The monoisotopic (exact) mass is 383 g/mol. The lowest BCUT2D eigenvalue weighted by Crippen LogP contribution is -2.21. The number of rotatable bonds is 6. The molecule has 0 aliphatic rings. The number of pyridine rings is 3. The van der Waals surface area contributed by atoms with Crippen LogP contribution in [0.5, 0.6) is 0 Å². The summed E-state index contributed by atoms with van der Waals surface area (Å²) in [6.45, 7) is 0.824. The topological polar surface area (TPSA) is 71.0 Å². The SMILES string of the molecule is CN(CCc1ccncc1)c1ccc(C(=O)Nc2cccc3cccnc23)cn1. The van der Waals surface area contributed by atoms with Crippen LogP contribution in [0.15, 0.2) is 79.4 Å². The van der Waals surface area contributed by atoms with Crippen molar-refractivity contribution in [3.8, 4) is 0 Å². The molecular weight excluding hydrogens is 362 g/mol. The first kappa shape index (κ1) is 18.6. The molecule has 0 aliphatic carbocycles. The number of hydrogen-bond acceptors (Lipinski definition) is 5. The summed E-state index contributed by atoms with van der Waals surface area (Å²) >= 11 is 0. The van der Waals surface area contributed by atoms with Gasteiger partial charge in [-0.3, -0.25) is 14.8 Å². The molecule has 0 saturated carbocycles. The van der Waals surface area contributed by atoms with Gasteiger partial charge < -0.3 is 10.2 Å². The second kappa shape index (κ2) is 8.48. The van der Waals surface area contributed by atoms with Gasteiger partial charge in [-0.15, -0.1) is 0 Å². The molecule has 0 radical (unpaired) electrons. The Balaban J connectivity index is 1.42. The molecule has 0 unspecified atom stereocenters. The van der Waals surface area contributed by atoms with Crippen molar-refractivity contribution >= 4 is 28.3 Å². The van der Waals surface area contributed by atoms with E-state index in [4.69, 9.17) is 0 Å². The average Bonchev–Trinajstić information content (AvgIpc) is 2.78. The normalized spacial score (nSPS) is 10.7. The number of benzene rings is 1. The zero-order valence-corrected chi connectivity index (χ0v) is 16.1. The maximum atomic E-state index is 12.7. The van der Waals surface area contributed by atoms with Crippen LogP contribution in [0.2, 0.25) is 0 Å². The number of carbonyl (C=O) groups excluding carboxylic acids is 1. The van der Waals surface area contributed by atoms with Crippen LogP contribution < -0.4 is 10.2 Å². The Labute approximate surface area is 169 Å². The lowest BCUT2D eigenvalue weighted by Gasteiger charge is -2.18. The molecule has 6 nitrogen and oxygen atoms in total. The number of nitrogens with one attached hydrogen (secondary N) is 1. The van der Waals surface area contributed by atoms with E-state index in [1.54, 1.807) is 30.9 Å². The van der Waals surface area contributed by atoms with E-state index in [1.165, 1.54) is 5.56 Å². The molecule has 3 aromatic heterocycles. The molecule has 3 heterocycles. The minimum atomic E-state index is -0.207. The number of para-hydroxylation sites is 1. The largest absolute Gasteiger partial charge is 0.359 e. The third-order valence-electron chi connectivity index (χ3n) is 4.77. The highest BCUT2D eigenvalue weighted by atomic mass is 16.1. The van der Waals surface area contributed by atoms with Crippen molar-refractivity contribution in [1.29, 1.82) is 0 Å². The lowest BCUT2D eigenvalue weighted by molar-refractivity contribution is 0.102. The highest BCUT2D eigenvalue weighted by Gasteiger charge is 2.11. The highest BCUT2D eigenvalue weighted by Crippen LogP contribution is 2.21. The Morgan fingerprint density at radius 2 is 1.79 bits per heavy atom. The van der Waals surface area contributed by atoms with Crippen LogP contribution in [0, 0.1) is 0 Å². The second-order valence-electron chi connectivity index (χ2n) is 6.77. The molecule has 1 aromatic carbocycles. The molecule has 0 bridgehead atoms. The first-order chi connectivity index (χ1) is 14.2. The first-order valence-corrected chi connectivity index (χ1v) is 9.42. The lowest BCUT2D eigenvalue weighted by atomic mass is 10.2. The zero-order chi connectivity index (χ0) is 20.1. The molecule has 4 rings (SSSR count). The number of likely N-dealkylation sites (N-methyl/N-ethyl adjacent to an activating group) is 1. The maximum Gasteiger partial charge on any atom is 0.257 e. The molecule has 1 N–H and O–H groups in total. The van der Waals surface area contributed by atoms with E-state index in [0.717, 1.165) is 29.7 Å². The van der Waals surface area contributed by atoms with Crippen LogP contribution in [-0.2, 0) is 6.42 Å².